The van der Waals surface area contributed by atoms with Crippen molar-refractivity contribution in [3.8, 4) is 5.75 Å². The van der Waals surface area contributed by atoms with Crippen molar-refractivity contribution in [3.63, 3.8) is 0 Å². The van der Waals surface area contributed by atoms with Gasteiger partial charge in [-0.05, 0) is 61.5 Å². The molecule has 0 aliphatic carbocycles. The van der Waals surface area contributed by atoms with E-state index in [-0.39, 0.29) is 15.6 Å². The predicted molar refractivity (Wildman–Crippen MR) is 119 cm³/mol. The SMILES string of the molecule is CCOc1ccc(NS(=O)(=O)c2cc(NC(=O)Nc3ccccc3)ccc2Cl)cc1. The second-order valence-electron chi connectivity index (χ2n) is 6.15. The highest BCUT2D eigenvalue weighted by atomic mass is 35.5. The maximum absolute atomic E-state index is 12.8. The van der Waals surface area contributed by atoms with E-state index in [2.05, 4.69) is 15.4 Å². The summed E-state index contributed by atoms with van der Waals surface area (Å²) in [6.07, 6.45) is 0. The molecule has 0 aliphatic rings. The van der Waals surface area contributed by atoms with Crippen molar-refractivity contribution in [1.82, 2.24) is 0 Å². The van der Waals surface area contributed by atoms with Crippen LogP contribution in [0.4, 0.5) is 21.9 Å². The lowest BCUT2D eigenvalue weighted by atomic mass is 10.3. The van der Waals surface area contributed by atoms with E-state index in [0.29, 0.717) is 23.7 Å². The third-order valence-electron chi connectivity index (χ3n) is 3.93. The van der Waals surface area contributed by atoms with Gasteiger partial charge in [-0.25, -0.2) is 13.2 Å². The molecule has 3 N–H and O–H groups in total. The molecule has 0 atom stereocenters. The zero-order valence-corrected chi connectivity index (χ0v) is 17.6. The average Bonchev–Trinajstić information content (AvgIpc) is 2.71. The molecule has 0 bridgehead atoms. The second-order valence-corrected chi connectivity index (χ2v) is 8.21. The van der Waals surface area contributed by atoms with Crippen LogP contribution >= 0.6 is 11.6 Å². The normalized spacial score (nSPS) is 10.9. The van der Waals surface area contributed by atoms with Crippen LogP contribution in [0.2, 0.25) is 5.02 Å². The second kappa shape index (κ2) is 9.51. The van der Waals surface area contributed by atoms with Crippen LogP contribution < -0.4 is 20.1 Å². The Morgan fingerprint density at radius 1 is 0.900 bits per heavy atom. The molecule has 0 heterocycles. The Hall–Kier alpha value is -3.23. The Balaban J connectivity index is 1.75. The van der Waals surface area contributed by atoms with Crippen LogP contribution in [0.3, 0.4) is 0 Å². The largest absolute Gasteiger partial charge is 0.494 e. The fraction of sp³-hybridized carbons (Fsp3) is 0.0952. The van der Waals surface area contributed by atoms with Gasteiger partial charge in [0, 0.05) is 17.1 Å². The van der Waals surface area contributed by atoms with Gasteiger partial charge in [0.1, 0.15) is 10.6 Å². The van der Waals surface area contributed by atoms with E-state index in [0.717, 1.165) is 0 Å². The minimum absolute atomic E-state index is 0.0301. The minimum atomic E-state index is -3.98. The number of para-hydroxylation sites is 1. The van der Waals surface area contributed by atoms with E-state index in [4.69, 9.17) is 16.3 Å². The summed E-state index contributed by atoms with van der Waals surface area (Å²) in [5.41, 5.74) is 1.24. The minimum Gasteiger partial charge on any atom is -0.494 e. The molecule has 0 spiro atoms. The van der Waals surface area contributed by atoms with Gasteiger partial charge >= 0.3 is 6.03 Å². The van der Waals surface area contributed by atoms with Crippen LogP contribution in [0.15, 0.2) is 77.7 Å². The van der Waals surface area contributed by atoms with Crippen molar-refractivity contribution in [3.05, 3.63) is 77.8 Å². The summed E-state index contributed by atoms with van der Waals surface area (Å²) in [5, 5.41) is 5.29. The highest BCUT2D eigenvalue weighted by Gasteiger charge is 2.19. The third-order valence-corrected chi connectivity index (χ3v) is 5.79. The fourth-order valence-corrected chi connectivity index (χ4v) is 4.18. The molecule has 0 unspecified atom stereocenters. The number of halogens is 1. The van der Waals surface area contributed by atoms with Crippen molar-refractivity contribution >= 4 is 44.7 Å². The van der Waals surface area contributed by atoms with Gasteiger partial charge in [-0.15, -0.1) is 0 Å². The maximum Gasteiger partial charge on any atom is 0.323 e. The Morgan fingerprint density at radius 2 is 1.53 bits per heavy atom. The molecule has 0 aromatic heterocycles. The first-order valence-corrected chi connectivity index (χ1v) is 10.9. The van der Waals surface area contributed by atoms with Crippen molar-refractivity contribution in [2.45, 2.75) is 11.8 Å². The quantitative estimate of drug-likeness (QED) is 0.466. The first-order chi connectivity index (χ1) is 14.4. The number of rotatable bonds is 7. The molecule has 156 valence electrons. The highest BCUT2D eigenvalue weighted by molar-refractivity contribution is 7.92. The smallest absolute Gasteiger partial charge is 0.323 e. The summed E-state index contributed by atoms with van der Waals surface area (Å²) >= 11 is 6.11. The molecule has 0 aliphatic heterocycles. The summed E-state index contributed by atoms with van der Waals surface area (Å²) in [5.74, 6) is 0.633. The lowest BCUT2D eigenvalue weighted by Gasteiger charge is -2.13. The van der Waals surface area contributed by atoms with Crippen LogP contribution in [0.25, 0.3) is 0 Å². The van der Waals surface area contributed by atoms with Gasteiger partial charge in [-0.1, -0.05) is 29.8 Å². The van der Waals surface area contributed by atoms with Gasteiger partial charge in [0.2, 0.25) is 0 Å². The molecule has 0 saturated carbocycles. The number of benzene rings is 3. The van der Waals surface area contributed by atoms with E-state index in [9.17, 15) is 13.2 Å². The maximum atomic E-state index is 12.8. The standard InChI is InChI=1S/C21H20ClN3O4S/c1-2-29-18-11-8-16(9-12-18)25-30(27,28)20-14-17(10-13-19(20)22)24-21(26)23-15-6-4-3-5-7-15/h3-14,25H,2H2,1H3,(H2,23,24,26). The summed E-state index contributed by atoms with van der Waals surface area (Å²) in [6, 6.07) is 19.1. The Bertz CT molecular complexity index is 1120. The zero-order valence-electron chi connectivity index (χ0n) is 16.1. The number of hydrogen-bond donors (Lipinski definition) is 3. The number of sulfonamides is 1. The monoisotopic (exact) mass is 445 g/mol. The molecule has 3 aromatic rings. The zero-order chi connectivity index (χ0) is 21.6. The summed E-state index contributed by atoms with van der Waals surface area (Å²) in [7, 11) is -3.98. The number of hydrogen-bond acceptors (Lipinski definition) is 4. The lowest BCUT2D eigenvalue weighted by Crippen LogP contribution is -2.20. The molecule has 2 amide bonds. The number of anilines is 3. The third kappa shape index (κ3) is 5.65. The first kappa shape index (κ1) is 21.5. The Morgan fingerprint density at radius 3 is 2.20 bits per heavy atom. The summed E-state index contributed by atoms with van der Waals surface area (Å²) < 4.78 is 33.4. The van der Waals surface area contributed by atoms with Crippen LogP contribution in [0, 0.1) is 0 Å². The predicted octanol–water partition coefficient (Wildman–Crippen LogP) is 5.18. The van der Waals surface area contributed by atoms with E-state index in [1.165, 1.54) is 18.2 Å². The van der Waals surface area contributed by atoms with Crippen molar-refractivity contribution in [1.29, 1.82) is 0 Å². The number of urea groups is 1. The van der Waals surface area contributed by atoms with E-state index < -0.39 is 16.1 Å². The van der Waals surface area contributed by atoms with Crippen molar-refractivity contribution in [2.24, 2.45) is 0 Å². The van der Waals surface area contributed by atoms with E-state index in [1.807, 2.05) is 13.0 Å². The van der Waals surface area contributed by atoms with Gasteiger partial charge in [0.05, 0.1) is 11.6 Å². The van der Waals surface area contributed by atoms with Crippen molar-refractivity contribution < 1.29 is 17.9 Å². The van der Waals surface area contributed by atoms with E-state index >= 15 is 0 Å². The molecule has 0 fully saturated rings. The van der Waals surface area contributed by atoms with Gasteiger partial charge in [0.25, 0.3) is 10.0 Å². The summed E-state index contributed by atoms with van der Waals surface area (Å²) in [4.78, 5) is 12.0. The lowest BCUT2D eigenvalue weighted by molar-refractivity contribution is 0.262. The molecule has 3 aromatic carbocycles. The molecule has 3 rings (SSSR count). The van der Waals surface area contributed by atoms with Crippen LogP contribution in [-0.4, -0.2) is 21.1 Å². The number of ether oxygens (including phenoxy) is 1. The molecular weight excluding hydrogens is 426 g/mol. The number of amides is 2. The van der Waals surface area contributed by atoms with Gasteiger partial charge in [-0.3, -0.25) is 4.72 Å². The van der Waals surface area contributed by atoms with Gasteiger partial charge < -0.3 is 15.4 Å². The topological polar surface area (TPSA) is 96.5 Å². The van der Waals surface area contributed by atoms with Gasteiger partial charge in [0.15, 0.2) is 0 Å². The van der Waals surface area contributed by atoms with Crippen LogP contribution in [-0.2, 0) is 10.0 Å². The van der Waals surface area contributed by atoms with Crippen molar-refractivity contribution in [2.75, 3.05) is 22.0 Å². The van der Waals surface area contributed by atoms with E-state index in [1.54, 1.807) is 48.5 Å². The number of nitrogens with one attached hydrogen (secondary N) is 3. The molecule has 0 radical (unpaired) electrons. The molecule has 30 heavy (non-hydrogen) atoms. The molecule has 0 saturated heterocycles. The number of carbonyl (C=O) groups is 1. The van der Waals surface area contributed by atoms with Gasteiger partial charge in [-0.2, -0.15) is 0 Å². The fourth-order valence-electron chi connectivity index (χ4n) is 2.60. The number of carbonyl (C=O) groups excluding carboxylic acids is 1. The first-order valence-electron chi connectivity index (χ1n) is 9.05. The van der Waals surface area contributed by atoms with Crippen LogP contribution in [0.1, 0.15) is 6.92 Å². The summed E-state index contributed by atoms with van der Waals surface area (Å²) in [6.45, 7) is 2.37. The molecular formula is C21H20ClN3O4S. The molecule has 9 heteroatoms. The highest BCUT2D eigenvalue weighted by Crippen LogP contribution is 2.27. The molecule has 7 nitrogen and oxygen atoms in total. The Labute approximate surface area is 180 Å². The van der Waals surface area contributed by atoms with Crippen LogP contribution in [0.5, 0.6) is 5.75 Å². The average molecular weight is 446 g/mol. The Kier molecular flexibility index (Phi) is 6.81.